The largest absolute Gasteiger partial charge is 0.294 e. The Bertz CT molecular complexity index is 380. The smallest absolute Gasteiger partial charge is 0.286 e. The molecule has 0 N–H and O–H groups in total. The normalized spacial score (nSPS) is 14.1. The molecule has 0 aliphatic rings. The number of nitrogens with zero attached hydrogens (tertiary/aromatic N) is 1. The molecule has 0 aliphatic heterocycles. The summed E-state index contributed by atoms with van der Waals surface area (Å²) in [5, 5.41) is 10.4. The van der Waals surface area contributed by atoms with E-state index in [1.54, 1.807) is 31.2 Å². The van der Waals surface area contributed by atoms with Crippen molar-refractivity contribution in [3.05, 3.63) is 46.0 Å². The van der Waals surface area contributed by atoms with E-state index in [1.807, 2.05) is 6.07 Å². The molecule has 1 aromatic carbocycles. The van der Waals surface area contributed by atoms with Gasteiger partial charge < -0.3 is 0 Å². The average Bonchev–Trinajstić information content (AvgIpc) is 2.28. The molecule has 1 rings (SSSR count). The zero-order valence-electron chi connectivity index (χ0n) is 8.80. The Balaban J connectivity index is 2.65. The van der Waals surface area contributed by atoms with Gasteiger partial charge in [0.2, 0.25) is 0 Å². The second-order valence-electron chi connectivity index (χ2n) is 3.59. The molecule has 0 aromatic heterocycles. The van der Waals surface area contributed by atoms with Crippen molar-refractivity contribution in [2.75, 3.05) is 0 Å². The van der Waals surface area contributed by atoms with Crippen LogP contribution in [0.1, 0.15) is 23.7 Å². The lowest BCUT2D eigenvalue weighted by molar-refractivity contribution is -0.499. The molecule has 0 amide bonds. The van der Waals surface area contributed by atoms with Crippen LogP contribution in [0.3, 0.4) is 0 Å². The molecule has 0 heterocycles. The fourth-order valence-electron chi connectivity index (χ4n) is 1.37. The Hall–Kier alpha value is -1.42. The van der Waals surface area contributed by atoms with Crippen LogP contribution >= 0.6 is 11.6 Å². The van der Waals surface area contributed by atoms with Crippen molar-refractivity contribution in [1.82, 2.24) is 0 Å². The second kappa shape index (κ2) is 5.61. The van der Waals surface area contributed by atoms with Crippen molar-refractivity contribution in [1.29, 1.82) is 0 Å². The fraction of sp³-hybridized carbons (Fsp3) is 0.364. The van der Waals surface area contributed by atoms with Crippen LogP contribution in [0, 0.1) is 16.0 Å². The van der Waals surface area contributed by atoms with Crippen LogP contribution < -0.4 is 0 Å². The van der Waals surface area contributed by atoms with Crippen LogP contribution in [-0.4, -0.2) is 16.2 Å². The number of hydrogen-bond acceptors (Lipinski definition) is 3. The standard InChI is InChI=1S/C11H12ClNO3/c1-8(7-10(12)13(15)16)11(14)9-5-3-2-4-6-9/h2-6,8,10H,7H2,1H3. The first-order chi connectivity index (χ1) is 7.52. The summed E-state index contributed by atoms with van der Waals surface area (Å²) in [5.41, 5.74) is -0.648. The van der Waals surface area contributed by atoms with E-state index in [2.05, 4.69) is 0 Å². The van der Waals surface area contributed by atoms with Gasteiger partial charge in [0.05, 0.1) is 0 Å². The second-order valence-corrected chi connectivity index (χ2v) is 4.09. The number of halogens is 1. The van der Waals surface area contributed by atoms with E-state index in [9.17, 15) is 14.9 Å². The summed E-state index contributed by atoms with van der Waals surface area (Å²) >= 11 is 5.49. The maximum absolute atomic E-state index is 11.8. The quantitative estimate of drug-likeness (QED) is 0.262. The molecule has 2 unspecified atom stereocenters. The van der Waals surface area contributed by atoms with E-state index in [4.69, 9.17) is 11.6 Å². The van der Waals surface area contributed by atoms with E-state index in [0.717, 1.165) is 0 Å². The Kier molecular flexibility index (Phi) is 4.43. The van der Waals surface area contributed by atoms with Gasteiger partial charge in [-0.3, -0.25) is 14.9 Å². The van der Waals surface area contributed by atoms with Crippen molar-refractivity contribution in [2.24, 2.45) is 5.92 Å². The molecule has 0 radical (unpaired) electrons. The average molecular weight is 242 g/mol. The van der Waals surface area contributed by atoms with Gasteiger partial charge in [-0.1, -0.05) is 37.3 Å². The highest BCUT2D eigenvalue weighted by molar-refractivity contribution is 6.19. The van der Waals surface area contributed by atoms with Crippen LogP contribution in [0.15, 0.2) is 30.3 Å². The monoisotopic (exact) mass is 241 g/mol. The van der Waals surface area contributed by atoms with Gasteiger partial charge in [-0.2, -0.15) is 0 Å². The number of Topliss-reactive ketones (excluding diaryl/α,β-unsaturated/α-hetero) is 1. The van der Waals surface area contributed by atoms with Crippen LogP contribution in [0.25, 0.3) is 0 Å². The molecule has 16 heavy (non-hydrogen) atoms. The van der Waals surface area contributed by atoms with E-state index in [1.165, 1.54) is 0 Å². The highest BCUT2D eigenvalue weighted by atomic mass is 35.5. The van der Waals surface area contributed by atoms with Gasteiger partial charge in [-0.15, -0.1) is 0 Å². The van der Waals surface area contributed by atoms with Gasteiger partial charge in [-0.25, -0.2) is 0 Å². The maximum Gasteiger partial charge on any atom is 0.286 e. The third-order valence-electron chi connectivity index (χ3n) is 2.28. The number of alkyl halides is 1. The molecule has 1 aromatic rings. The van der Waals surface area contributed by atoms with E-state index in [0.29, 0.717) is 5.56 Å². The topological polar surface area (TPSA) is 60.2 Å². The summed E-state index contributed by atoms with van der Waals surface area (Å²) in [6.07, 6.45) is 0.0439. The lowest BCUT2D eigenvalue weighted by Crippen LogP contribution is -2.21. The lowest BCUT2D eigenvalue weighted by atomic mass is 9.96. The van der Waals surface area contributed by atoms with Gasteiger partial charge in [-0.05, 0) is 11.6 Å². The molecular formula is C11H12ClNO3. The Labute approximate surface area is 98.4 Å². The van der Waals surface area contributed by atoms with E-state index >= 15 is 0 Å². The van der Waals surface area contributed by atoms with Crippen LogP contribution in [0.5, 0.6) is 0 Å². The number of hydrogen-bond donors (Lipinski definition) is 0. The minimum atomic E-state index is -1.21. The molecule has 0 fully saturated rings. The number of carbonyl (C=O) groups is 1. The summed E-state index contributed by atoms with van der Waals surface area (Å²) in [4.78, 5) is 21.6. The molecule has 4 nitrogen and oxygen atoms in total. The Morgan fingerprint density at radius 2 is 2.00 bits per heavy atom. The van der Waals surface area contributed by atoms with Crippen LogP contribution in [0.4, 0.5) is 0 Å². The van der Waals surface area contributed by atoms with Gasteiger partial charge in [0, 0.05) is 22.8 Å². The first-order valence-electron chi connectivity index (χ1n) is 4.89. The molecule has 0 aliphatic carbocycles. The maximum atomic E-state index is 11.8. The predicted molar refractivity (Wildman–Crippen MR) is 61.2 cm³/mol. The molecule has 0 bridgehead atoms. The summed E-state index contributed by atoms with van der Waals surface area (Å²) in [6, 6.07) is 8.70. The highest BCUT2D eigenvalue weighted by Crippen LogP contribution is 2.17. The number of ketones is 1. The summed E-state index contributed by atoms with van der Waals surface area (Å²) in [7, 11) is 0. The first kappa shape index (κ1) is 12.6. The van der Waals surface area contributed by atoms with E-state index in [-0.39, 0.29) is 12.2 Å². The third kappa shape index (κ3) is 3.31. The van der Waals surface area contributed by atoms with Crippen molar-refractivity contribution in [3.63, 3.8) is 0 Å². The van der Waals surface area contributed by atoms with Gasteiger partial charge in [0.25, 0.3) is 5.50 Å². The Morgan fingerprint density at radius 3 is 2.50 bits per heavy atom. The fourth-order valence-corrected chi connectivity index (χ4v) is 1.64. The van der Waals surface area contributed by atoms with Crippen LogP contribution in [0.2, 0.25) is 0 Å². The number of carbonyl (C=O) groups excluding carboxylic acids is 1. The number of rotatable bonds is 5. The minimum absolute atomic E-state index is 0.0439. The zero-order chi connectivity index (χ0) is 12.1. The van der Waals surface area contributed by atoms with Crippen molar-refractivity contribution in [3.8, 4) is 0 Å². The number of benzene rings is 1. The number of nitro groups is 1. The molecule has 0 spiro atoms. The zero-order valence-corrected chi connectivity index (χ0v) is 9.55. The first-order valence-corrected chi connectivity index (χ1v) is 5.33. The summed E-state index contributed by atoms with van der Waals surface area (Å²) in [6.45, 7) is 1.65. The molecule has 0 saturated carbocycles. The van der Waals surface area contributed by atoms with Gasteiger partial charge in [0.15, 0.2) is 5.78 Å². The summed E-state index contributed by atoms with van der Waals surface area (Å²) < 4.78 is 0. The SMILES string of the molecule is CC(CC(Cl)[N+](=O)[O-])C(=O)c1ccccc1. The van der Waals surface area contributed by atoms with Crippen LogP contribution in [-0.2, 0) is 0 Å². The molecular weight excluding hydrogens is 230 g/mol. The van der Waals surface area contributed by atoms with Gasteiger partial charge in [0.1, 0.15) is 0 Å². The molecule has 86 valence electrons. The molecule has 5 heteroatoms. The summed E-state index contributed by atoms with van der Waals surface area (Å²) in [5.74, 6) is -0.566. The molecule has 0 saturated heterocycles. The Morgan fingerprint density at radius 1 is 1.44 bits per heavy atom. The van der Waals surface area contributed by atoms with Crippen molar-refractivity contribution in [2.45, 2.75) is 18.8 Å². The third-order valence-corrected chi connectivity index (χ3v) is 2.62. The molecule has 2 atom stereocenters. The predicted octanol–water partition coefficient (Wildman–Crippen LogP) is 2.74. The van der Waals surface area contributed by atoms with Crippen molar-refractivity contribution < 1.29 is 9.72 Å². The lowest BCUT2D eigenvalue weighted by Gasteiger charge is -2.10. The van der Waals surface area contributed by atoms with E-state index < -0.39 is 16.3 Å². The highest BCUT2D eigenvalue weighted by Gasteiger charge is 2.24. The minimum Gasteiger partial charge on any atom is -0.294 e. The van der Waals surface area contributed by atoms with Crippen molar-refractivity contribution >= 4 is 17.4 Å². The van der Waals surface area contributed by atoms with Gasteiger partial charge >= 0.3 is 0 Å².